The molecule has 1 saturated carbocycles. The normalized spacial score (nSPS) is 37.6. The van der Waals surface area contributed by atoms with Crippen molar-refractivity contribution in [2.24, 2.45) is 11.3 Å². The summed E-state index contributed by atoms with van der Waals surface area (Å²) in [5.74, 6) is 0.785. The fraction of sp³-hybridized carbons (Fsp3) is 1.00. The van der Waals surface area contributed by atoms with Crippen LogP contribution in [0.25, 0.3) is 0 Å². The Bertz CT molecular complexity index is 331. The molecule has 1 aliphatic carbocycles. The minimum absolute atomic E-state index is 0.0656. The topological polar surface area (TPSA) is 24.5 Å². The van der Waals surface area contributed by atoms with Crippen molar-refractivity contribution in [3.05, 3.63) is 0 Å². The zero-order chi connectivity index (χ0) is 15.5. The number of rotatable bonds is 5. The van der Waals surface area contributed by atoms with Gasteiger partial charge < -0.3 is 15.0 Å². The molecule has 0 aromatic heterocycles. The molecule has 0 aromatic rings. The van der Waals surface area contributed by atoms with Crippen molar-refractivity contribution in [3.8, 4) is 0 Å². The van der Waals surface area contributed by atoms with Crippen LogP contribution in [0.5, 0.6) is 0 Å². The monoisotopic (exact) mass is 296 g/mol. The van der Waals surface area contributed by atoms with Gasteiger partial charge in [0.25, 0.3) is 0 Å². The highest BCUT2D eigenvalue weighted by atomic mass is 16.5. The van der Waals surface area contributed by atoms with Crippen LogP contribution in [-0.4, -0.2) is 49.8 Å². The van der Waals surface area contributed by atoms with Crippen LogP contribution in [0.3, 0.4) is 0 Å². The maximum Gasteiger partial charge on any atom is 0.0777 e. The fourth-order valence-electron chi connectivity index (χ4n) is 4.42. The molecule has 1 heterocycles. The standard InChI is InChI=1S/C18H36N2O/c1-6-19-16-8-10-17(2,3)12-15(16)13-20-11-7-9-18(4,14-20)21-5/h15-16,19H,6-14H2,1-5H3. The van der Waals surface area contributed by atoms with E-state index in [0.29, 0.717) is 11.5 Å². The molecule has 1 aliphatic heterocycles. The Morgan fingerprint density at radius 3 is 2.67 bits per heavy atom. The Kier molecular flexibility index (Phi) is 5.72. The molecule has 124 valence electrons. The highest BCUT2D eigenvalue weighted by molar-refractivity contribution is 4.92. The molecule has 0 amide bonds. The number of hydrogen-bond acceptors (Lipinski definition) is 3. The van der Waals surface area contributed by atoms with Crippen LogP contribution >= 0.6 is 0 Å². The van der Waals surface area contributed by atoms with Gasteiger partial charge in [-0.1, -0.05) is 20.8 Å². The second-order valence-corrected chi connectivity index (χ2v) is 8.32. The Balaban J connectivity index is 1.97. The van der Waals surface area contributed by atoms with Crippen molar-refractivity contribution in [1.29, 1.82) is 0 Å². The molecule has 3 heteroatoms. The van der Waals surface area contributed by atoms with Crippen LogP contribution in [0.1, 0.15) is 59.8 Å². The van der Waals surface area contributed by atoms with Gasteiger partial charge in [0.05, 0.1) is 5.60 Å². The summed E-state index contributed by atoms with van der Waals surface area (Å²) in [6.07, 6.45) is 6.52. The number of hydrogen-bond donors (Lipinski definition) is 1. The maximum absolute atomic E-state index is 5.76. The van der Waals surface area contributed by atoms with Gasteiger partial charge >= 0.3 is 0 Å². The summed E-state index contributed by atoms with van der Waals surface area (Å²) in [6, 6.07) is 0.707. The van der Waals surface area contributed by atoms with Crippen molar-refractivity contribution < 1.29 is 4.74 Å². The van der Waals surface area contributed by atoms with Crippen LogP contribution < -0.4 is 5.32 Å². The summed E-state index contributed by atoms with van der Waals surface area (Å²) in [6.45, 7) is 14.1. The van der Waals surface area contributed by atoms with E-state index < -0.39 is 0 Å². The first-order valence-electron chi connectivity index (χ1n) is 8.88. The average molecular weight is 296 g/mol. The van der Waals surface area contributed by atoms with E-state index in [4.69, 9.17) is 4.74 Å². The summed E-state index contributed by atoms with van der Waals surface area (Å²) in [5.41, 5.74) is 0.576. The van der Waals surface area contributed by atoms with E-state index in [2.05, 4.69) is 37.9 Å². The lowest BCUT2D eigenvalue weighted by molar-refractivity contribution is -0.0576. The highest BCUT2D eigenvalue weighted by Crippen LogP contribution is 2.39. The maximum atomic E-state index is 5.76. The lowest BCUT2D eigenvalue weighted by Gasteiger charge is -2.46. The molecular weight excluding hydrogens is 260 g/mol. The summed E-state index contributed by atoms with van der Waals surface area (Å²) in [7, 11) is 1.87. The fourth-order valence-corrected chi connectivity index (χ4v) is 4.42. The molecule has 3 nitrogen and oxygen atoms in total. The van der Waals surface area contributed by atoms with Crippen molar-refractivity contribution in [3.63, 3.8) is 0 Å². The van der Waals surface area contributed by atoms with Crippen molar-refractivity contribution >= 4 is 0 Å². The van der Waals surface area contributed by atoms with Gasteiger partial charge in [-0.2, -0.15) is 0 Å². The van der Waals surface area contributed by atoms with E-state index in [-0.39, 0.29) is 5.60 Å². The van der Waals surface area contributed by atoms with Gasteiger partial charge in [-0.25, -0.2) is 0 Å². The van der Waals surface area contributed by atoms with Crippen LogP contribution in [0.4, 0.5) is 0 Å². The third-order valence-corrected chi connectivity index (χ3v) is 5.71. The second kappa shape index (κ2) is 6.97. The molecule has 1 saturated heterocycles. The molecule has 3 unspecified atom stereocenters. The van der Waals surface area contributed by atoms with Crippen LogP contribution in [-0.2, 0) is 4.74 Å². The smallest absolute Gasteiger partial charge is 0.0777 e. The van der Waals surface area contributed by atoms with Crippen molar-refractivity contribution in [2.45, 2.75) is 71.4 Å². The predicted molar refractivity (Wildman–Crippen MR) is 89.7 cm³/mol. The summed E-state index contributed by atoms with van der Waals surface area (Å²) in [5, 5.41) is 3.74. The summed E-state index contributed by atoms with van der Waals surface area (Å²) in [4.78, 5) is 2.66. The number of likely N-dealkylation sites (tertiary alicyclic amines) is 1. The summed E-state index contributed by atoms with van der Waals surface area (Å²) >= 11 is 0. The van der Waals surface area contributed by atoms with E-state index in [1.165, 1.54) is 45.2 Å². The number of ether oxygens (including phenoxy) is 1. The molecule has 0 aromatic carbocycles. The van der Waals surface area contributed by atoms with E-state index in [0.717, 1.165) is 19.0 Å². The lowest BCUT2D eigenvalue weighted by Crippen LogP contribution is -2.52. The van der Waals surface area contributed by atoms with Crippen LogP contribution in [0.15, 0.2) is 0 Å². The highest BCUT2D eigenvalue weighted by Gasteiger charge is 2.37. The first-order valence-corrected chi connectivity index (χ1v) is 8.88. The quantitative estimate of drug-likeness (QED) is 0.842. The minimum Gasteiger partial charge on any atom is -0.377 e. The third kappa shape index (κ3) is 4.67. The van der Waals surface area contributed by atoms with Gasteiger partial charge in [0.15, 0.2) is 0 Å². The van der Waals surface area contributed by atoms with Gasteiger partial charge in [-0.3, -0.25) is 0 Å². The zero-order valence-electron chi connectivity index (χ0n) is 14.9. The Hall–Kier alpha value is -0.120. The molecule has 21 heavy (non-hydrogen) atoms. The van der Waals surface area contributed by atoms with E-state index >= 15 is 0 Å². The molecule has 0 radical (unpaired) electrons. The molecular formula is C18H36N2O. The molecule has 2 rings (SSSR count). The predicted octanol–water partition coefficient (Wildman–Crippen LogP) is 3.29. The summed E-state index contributed by atoms with van der Waals surface area (Å²) < 4.78 is 5.76. The Labute approximate surface area is 131 Å². The van der Waals surface area contributed by atoms with Crippen LogP contribution in [0.2, 0.25) is 0 Å². The van der Waals surface area contributed by atoms with Crippen LogP contribution in [0, 0.1) is 11.3 Å². The Morgan fingerprint density at radius 1 is 1.24 bits per heavy atom. The number of nitrogens with zero attached hydrogens (tertiary/aromatic N) is 1. The third-order valence-electron chi connectivity index (χ3n) is 5.71. The number of piperidine rings is 1. The second-order valence-electron chi connectivity index (χ2n) is 8.32. The Morgan fingerprint density at radius 2 is 2.00 bits per heavy atom. The zero-order valence-corrected chi connectivity index (χ0v) is 14.9. The number of nitrogens with one attached hydrogen (secondary N) is 1. The van der Waals surface area contributed by atoms with Gasteiger partial charge in [-0.05, 0) is 63.5 Å². The van der Waals surface area contributed by atoms with E-state index in [1.807, 2.05) is 7.11 Å². The average Bonchev–Trinajstić information content (AvgIpc) is 2.42. The lowest BCUT2D eigenvalue weighted by atomic mass is 9.69. The largest absolute Gasteiger partial charge is 0.377 e. The minimum atomic E-state index is 0.0656. The molecule has 2 fully saturated rings. The first-order chi connectivity index (χ1) is 9.87. The molecule has 1 N–H and O–H groups in total. The van der Waals surface area contributed by atoms with Crippen molar-refractivity contribution in [1.82, 2.24) is 10.2 Å². The molecule has 0 bridgehead atoms. The van der Waals surface area contributed by atoms with E-state index in [9.17, 15) is 0 Å². The SMILES string of the molecule is CCNC1CCC(C)(C)CC1CN1CCCC(C)(OC)C1. The molecule has 0 spiro atoms. The van der Waals surface area contributed by atoms with E-state index in [1.54, 1.807) is 0 Å². The molecule has 3 atom stereocenters. The van der Waals surface area contributed by atoms with Gasteiger partial charge in [0.2, 0.25) is 0 Å². The van der Waals surface area contributed by atoms with Gasteiger partial charge in [0, 0.05) is 26.2 Å². The number of methoxy groups -OCH3 is 1. The first kappa shape index (κ1) is 17.2. The van der Waals surface area contributed by atoms with Crippen molar-refractivity contribution in [2.75, 3.05) is 33.3 Å². The van der Waals surface area contributed by atoms with Gasteiger partial charge in [-0.15, -0.1) is 0 Å². The molecule has 2 aliphatic rings. The van der Waals surface area contributed by atoms with Gasteiger partial charge in [0.1, 0.15) is 0 Å².